The van der Waals surface area contributed by atoms with Gasteiger partial charge in [-0.3, -0.25) is 37.3 Å². The van der Waals surface area contributed by atoms with Gasteiger partial charge in [-0.15, -0.1) is 0 Å². The summed E-state index contributed by atoms with van der Waals surface area (Å²) in [4.78, 5) is 73.0. The second-order valence-electron chi connectivity index (χ2n) is 26.6. The average molecular weight is 1500 g/mol. The van der Waals surface area contributed by atoms with Crippen LogP contribution < -0.4 is 0 Å². The van der Waals surface area contributed by atoms with Crippen LogP contribution in [0.5, 0.6) is 0 Å². The zero-order valence-electron chi connectivity index (χ0n) is 65.2. The van der Waals surface area contributed by atoms with Crippen LogP contribution in [-0.2, 0) is 65.4 Å². The lowest BCUT2D eigenvalue weighted by atomic mass is 10.1. The Morgan fingerprint density at radius 1 is 0.279 bits per heavy atom. The van der Waals surface area contributed by atoms with Crippen molar-refractivity contribution >= 4 is 39.5 Å². The van der Waals surface area contributed by atoms with Gasteiger partial charge in [-0.05, 0) is 141 Å². The molecule has 0 spiro atoms. The molecule has 0 aromatic heterocycles. The Morgan fingerprint density at radius 3 is 0.798 bits per heavy atom. The van der Waals surface area contributed by atoms with E-state index in [1.807, 2.05) is 0 Å². The second-order valence-corrected chi connectivity index (χ2v) is 29.5. The van der Waals surface area contributed by atoms with E-state index in [0.717, 1.165) is 186 Å². The minimum Gasteiger partial charge on any atom is -0.462 e. The van der Waals surface area contributed by atoms with Gasteiger partial charge >= 0.3 is 39.5 Å². The number of carbonyl (C=O) groups excluding carboxylic acids is 4. The molecule has 0 amide bonds. The Kier molecular flexibility index (Phi) is 72.9. The molecular formula is C85H144O17P2. The summed E-state index contributed by atoms with van der Waals surface area (Å²) in [6, 6.07) is 0. The Balaban J connectivity index is 5.40. The molecule has 3 N–H and O–H groups in total. The summed E-state index contributed by atoms with van der Waals surface area (Å²) in [5.74, 6) is -2.24. The van der Waals surface area contributed by atoms with Crippen LogP contribution in [0.15, 0.2) is 134 Å². The molecule has 0 aliphatic heterocycles. The SMILES string of the molecule is CC/C=C\C/C=C\C/C=C\C/C=C\C/C=C\CCCCCC(=O)OCC(COP(=O)(O)OCC(O)COP(=O)(O)OCC(COC(=O)CCCCCCC/C=C\C/C=C\C/C=C\CC)OC(=O)CCCCCCCCCCCCC)OC(=O)CCCCCCCC/C=C\C/C=C\C/C=C\CCCCC. The first-order valence-electron chi connectivity index (χ1n) is 40.4. The van der Waals surface area contributed by atoms with Crippen LogP contribution in [0, 0.1) is 0 Å². The number of ether oxygens (including phenoxy) is 4. The smallest absolute Gasteiger partial charge is 0.462 e. The lowest BCUT2D eigenvalue weighted by molar-refractivity contribution is -0.161. The third-order valence-corrected chi connectivity index (χ3v) is 18.5. The number of unbranched alkanes of at least 4 members (excludes halogenated alkanes) is 27. The summed E-state index contributed by atoms with van der Waals surface area (Å²) < 4.78 is 68.6. The number of aliphatic hydroxyl groups excluding tert-OH is 1. The highest BCUT2D eigenvalue weighted by Crippen LogP contribution is 2.45. The van der Waals surface area contributed by atoms with E-state index in [1.54, 1.807) is 0 Å². The third-order valence-electron chi connectivity index (χ3n) is 16.6. The van der Waals surface area contributed by atoms with Crippen LogP contribution in [0.4, 0.5) is 0 Å². The Bertz CT molecular complexity index is 2490. The van der Waals surface area contributed by atoms with Gasteiger partial charge in [0.05, 0.1) is 26.4 Å². The molecule has 0 aliphatic rings. The van der Waals surface area contributed by atoms with Gasteiger partial charge in [-0.1, -0.05) is 290 Å². The van der Waals surface area contributed by atoms with Crippen LogP contribution in [0.1, 0.15) is 323 Å². The molecule has 0 bridgehead atoms. The number of phosphoric ester groups is 2. The van der Waals surface area contributed by atoms with Crippen molar-refractivity contribution in [3.8, 4) is 0 Å². The van der Waals surface area contributed by atoms with Gasteiger partial charge in [0, 0.05) is 25.7 Å². The highest BCUT2D eigenvalue weighted by Gasteiger charge is 2.30. The summed E-state index contributed by atoms with van der Waals surface area (Å²) in [6.07, 6.45) is 85.7. The molecule has 0 saturated carbocycles. The topological polar surface area (TPSA) is 237 Å². The van der Waals surface area contributed by atoms with E-state index < -0.39 is 97.5 Å². The molecule has 596 valence electrons. The average Bonchev–Trinajstić information content (AvgIpc) is 0.928. The predicted octanol–water partition coefficient (Wildman–Crippen LogP) is 23.7. The van der Waals surface area contributed by atoms with Crippen molar-refractivity contribution in [2.75, 3.05) is 39.6 Å². The minimum absolute atomic E-state index is 0.0696. The van der Waals surface area contributed by atoms with Crippen molar-refractivity contribution in [1.29, 1.82) is 0 Å². The highest BCUT2D eigenvalue weighted by molar-refractivity contribution is 7.47. The van der Waals surface area contributed by atoms with Crippen LogP contribution >= 0.6 is 15.6 Å². The fourth-order valence-corrected chi connectivity index (χ4v) is 12.1. The van der Waals surface area contributed by atoms with Crippen molar-refractivity contribution in [2.45, 2.75) is 341 Å². The van der Waals surface area contributed by atoms with Crippen molar-refractivity contribution in [3.05, 3.63) is 134 Å². The van der Waals surface area contributed by atoms with Gasteiger partial charge in [0.2, 0.25) is 0 Å². The van der Waals surface area contributed by atoms with Crippen LogP contribution in [-0.4, -0.2) is 96.7 Å². The molecule has 0 aliphatic carbocycles. The van der Waals surface area contributed by atoms with Crippen molar-refractivity contribution < 1.29 is 80.2 Å². The maximum Gasteiger partial charge on any atom is 0.472 e. The van der Waals surface area contributed by atoms with E-state index in [2.05, 4.69) is 161 Å². The Hall–Kier alpha value is -4.80. The van der Waals surface area contributed by atoms with Crippen molar-refractivity contribution in [1.82, 2.24) is 0 Å². The summed E-state index contributed by atoms with van der Waals surface area (Å²) >= 11 is 0. The van der Waals surface area contributed by atoms with E-state index in [0.29, 0.717) is 25.7 Å². The van der Waals surface area contributed by atoms with E-state index in [-0.39, 0.29) is 25.7 Å². The third kappa shape index (κ3) is 75.4. The summed E-state index contributed by atoms with van der Waals surface area (Å²) in [5.41, 5.74) is 0. The normalized spacial score (nSPS) is 14.6. The molecule has 0 radical (unpaired) electrons. The molecule has 17 nitrogen and oxygen atoms in total. The first-order chi connectivity index (χ1) is 50.7. The van der Waals surface area contributed by atoms with Crippen molar-refractivity contribution in [3.63, 3.8) is 0 Å². The molecule has 104 heavy (non-hydrogen) atoms. The lowest BCUT2D eigenvalue weighted by Crippen LogP contribution is -2.30. The monoisotopic (exact) mass is 1500 g/mol. The lowest BCUT2D eigenvalue weighted by Gasteiger charge is -2.21. The molecule has 0 aromatic rings. The molecular weight excluding hydrogens is 1350 g/mol. The number of rotatable bonds is 75. The Morgan fingerprint density at radius 2 is 0.500 bits per heavy atom. The molecule has 0 aromatic carbocycles. The molecule has 0 fully saturated rings. The van der Waals surface area contributed by atoms with E-state index >= 15 is 0 Å². The largest absolute Gasteiger partial charge is 0.472 e. The number of hydrogen-bond donors (Lipinski definition) is 3. The van der Waals surface area contributed by atoms with E-state index in [1.165, 1.54) is 57.8 Å². The van der Waals surface area contributed by atoms with Crippen LogP contribution in [0.3, 0.4) is 0 Å². The van der Waals surface area contributed by atoms with Gasteiger partial charge in [0.25, 0.3) is 0 Å². The van der Waals surface area contributed by atoms with Crippen LogP contribution in [0.2, 0.25) is 0 Å². The molecule has 0 heterocycles. The number of phosphoric acid groups is 2. The molecule has 0 saturated heterocycles. The zero-order valence-corrected chi connectivity index (χ0v) is 66.9. The minimum atomic E-state index is -4.99. The summed E-state index contributed by atoms with van der Waals surface area (Å²) in [6.45, 7) is 4.56. The zero-order chi connectivity index (χ0) is 76.0. The van der Waals surface area contributed by atoms with Gasteiger partial charge < -0.3 is 33.8 Å². The maximum atomic E-state index is 13.1. The van der Waals surface area contributed by atoms with Crippen molar-refractivity contribution in [2.24, 2.45) is 0 Å². The molecule has 5 atom stereocenters. The van der Waals surface area contributed by atoms with Gasteiger partial charge in [-0.2, -0.15) is 0 Å². The molecule has 0 rings (SSSR count). The standard InChI is InChI=1S/C85H144O17P2/c1-5-9-13-17-21-25-29-32-35-37-39-41-44-47-51-54-58-62-66-70-83(88)96-76-81(102-85(90)72-68-64-60-56-52-48-45-42-40-38-36-33-30-26-22-18-14-10-6-2)78-100-104(93,94)98-74-79(86)73-97-103(91,92)99-77-80(101-84(89)71-67-63-59-55-49-28-24-20-16-12-8-4)75-95-82(87)69-65-61-57-53-50-46-43-34-31-27-23-19-15-11-7-3/h9,11,13,15,21-23,25-27,32-36,39-43,47,51,79-81,86H,5-8,10,12,14,16-20,24,28-31,37-38,44-46,48-50,52-78H2,1-4H3,(H,91,92)(H,93,94)/b13-9-,15-11-,25-21-,26-22-,27-23-,35-32-,36-33-,41-39-,42-40-,43-34-,51-47-. The number of carbonyl (C=O) groups is 4. The number of hydrogen-bond acceptors (Lipinski definition) is 15. The van der Waals surface area contributed by atoms with Crippen LogP contribution in [0.25, 0.3) is 0 Å². The fourth-order valence-electron chi connectivity index (χ4n) is 10.5. The molecule has 19 heteroatoms. The number of esters is 4. The second kappa shape index (κ2) is 76.4. The summed E-state index contributed by atoms with van der Waals surface area (Å²) in [7, 11) is -9.98. The first-order valence-corrected chi connectivity index (χ1v) is 43.4. The van der Waals surface area contributed by atoms with E-state index in [9.17, 15) is 43.2 Å². The number of allylic oxidation sites excluding steroid dienone is 22. The summed E-state index contributed by atoms with van der Waals surface area (Å²) in [5, 5.41) is 10.6. The van der Waals surface area contributed by atoms with E-state index in [4.69, 9.17) is 37.0 Å². The van der Waals surface area contributed by atoms with Gasteiger partial charge in [0.15, 0.2) is 12.2 Å². The first kappa shape index (κ1) is 99.2. The van der Waals surface area contributed by atoms with Gasteiger partial charge in [0.1, 0.15) is 19.3 Å². The maximum absolute atomic E-state index is 13.1. The van der Waals surface area contributed by atoms with Gasteiger partial charge in [-0.25, -0.2) is 9.13 Å². The highest BCUT2D eigenvalue weighted by atomic mass is 31.2. The quantitative estimate of drug-likeness (QED) is 0.0169. The predicted molar refractivity (Wildman–Crippen MR) is 427 cm³/mol. The Labute approximate surface area is 631 Å². The number of aliphatic hydroxyl groups is 1. The fraction of sp³-hybridized carbons (Fsp3) is 0.694. The molecule has 5 unspecified atom stereocenters.